The molecule has 0 saturated carbocycles. The van der Waals surface area contributed by atoms with Crippen molar-refractivity contribution in [2.75, 3.05) is 18.4 Å². The van der Waals surface area contributed by atoms with Crippen molar-refractivity contribution in [3.05, 3.63) is 28.8 Å². The number of hydrogen-bond acceptors (Lipinski definition) is 3. The first-order valence-corrected chi connectivity index (χ1v) is 5.68. The Labute approximate surface area is 101 Å². The molecule has 0 spiro atoms. The molecule has 0 amide bonds. The summed E-state index contributed by atoms with van der Waals surface area (Å²) < 4.78 is 0. The highest BCUT2D eigenvalue weighted by atomic mass is 35.5. The zero-order valence-corrected chi connectivity index (χ0v) is 10.3. The number of rotatable bonds is 5. The Kier molecular flexibility index (Phi) is 5.10. The average molecular weight is 238 g/mol. The van der Waals surface area contributed by atoms with E-state index < -0.39 is 0 Å². The number of benzene rings is 1. The van der Waals surface area contributed by atoms with E-state index in [1.165, 1.54) is 0 Å². The lowest BCUT2D eigenvalue weighted by molar-refractivity contribution is 0.602. The van der Waals surface area contributed by atoms with Crippen molar-refractivity contribution >= 4 is 17.3 Å². The fourth-order valence-corrected chi connectivity index (χ4v) is 1.51. The van der Waals surface area contributed by atoms with E-state index in [1.54, 1.807) is 12.1 Å². The van der Waals surface area contributed by atoms with Crippen molar-refractivity contribution in [1.82, 2.24) is 5.32 Å². The third-order valence-corrected chi connectivity index (χ3v) is 2.41. The lowest BCUT2D eigenvalue weighted by atomic mass is 10.2. The minimum Gasteiger partial charge on any atom is -0.384 e. The lowest BCUT2D eigenvalue weighted by Gasteiger charge is -2.10. The maximum Gasteiger partial charge on any atom is 0.101 e. The number of nitriles is 1. The summed E-state index contributed by atoms with van der Waals surface area (Å²) in [5.74, 6) is 0. The monoisotopic (exact) mass is 237 g/mol. The summed E-state index contributed by atoms with van der Waals surface area (Å²) in [6.45, 7) is 5.95. The number of anilines is 1. The zero-order chi connectivity index (χ0) is 12.0. The van der Waals surface area contributed by atoms with Crippen LogP contribution >= 0.6 is 11.6 Å². The maximum atomic E-state index is 8.72. The average Bonchev–Trinajstić information content (AvgIpc) is 2.24. The molecule has 3 nitrogen and oxygen atoms in total. The Morgan fingerprint density at radius 1 is 1.38 bits per heavy atom. The van der Waals surface area contributed by atoms with Crippen LogP contribution in [0.4, 0.5) is 5.69 Å². The summed E-state index contributed by atoms with van der Waals surface area (Å²) in [6.07, 6.45) is 0. The number of nitrogens with one attached hydrogen (secondary N) is 2. The normalized spacial score (nSPS) is 10.2. The number of halogens is 1. The van der Waals surface area contributed by atoms with Gasteiger partial charge in [-0.15, -0.1) is 0 Å². The van der Waals surface area contributed by atoms with Crippen LogP contribution in [0.1, 0.15) is 19.4 Å². The second-order valence-electron chi connectivity index (χ2n) is 3.84. The van der Waals surface area contributed by atoms with Gasteiger partial charge in [-0.05, 0) is 18.2 Å². The van der Waals surface area contributed by atoms with Gasteiger partial charge in [-0.25, -0.2) is 0 Å². The summed E-state index contributed by atoms with van der Waals surface area (Å²) >= 11 is 5.91. The van der Waals surface area contributed by atoms with E-state index in [4.69, 9.17) is 16.9 Å². The van der Waals surface area contributed by atoms with Gasteiger partial charge in [-0.1, -0.05) is 25.4 Å². The second-order valence-corrected chi connectivity index (χ2v) is 4.25. The molecule has 16 heavy (non-hydrogen) atoms. The highest BCUT2D eigenvalue weighted by Crippen LogP contribution is 2.19. The van der Waals surface area contributed by atoms with Crippen molar-refractivity contribution in [3.63, 3.8) is 0 Å². The van der Waals surface area contributed by atoms with Crippen molar-refractivity contribution in [2.45, 2.75) is 19.9 Å². The van der Waals surface area contributed by atoms with E-state index in [-0.39, 0.29) is 0 Å². The number of hydrogen-bond donors (Lipinski definition) is 2. The molecule has 0 atom stereocenters. The van der Waals surface area contributed by atoms with Crippen molar-refractivity contribution in [1.29, 1.82) is 5.26 Å². The van der Waals surface area contributed by atoms with Crippen LogP contribution in [0.3, 0.4) is 0 Å². The molecule has 0 unspecified atom stereocenters. The summed E-state index contributed by atoms with van der Waals surface area (Å²) in [6, 6.07) is 7.88. The highest BCUT2D eigenvalue weighted by molar-refractivity contribution is 6.32. The molecule has 0 aliphatic rings. The van der Waals surface area contributed by atoms with Crippen LogP contribution in [-0.4, -0.2) is 19.1 Å². The molecular weight excluding hydrogens is 222 g/mol. The first-order chi connectivity index (χ1) is 7.63. The molecule has 0 bridgehead atoms. The van der Waals surface area contributed by atoms with Gasteiger partial charge in [0.25, 0.3) is 0 Å². The zero-order valence-electron chi connectivity index (χ0n) is 9.55. The Bertz CT molecular complexity index is 382. The fourth-order valence-electron chi connectivity index (χ4n) is 1.28. The molecule has 0 heterocycles. The minimum absolute atomic E-state index is 0.490. The number of nitrogens with zero attached hydrogens (tertiary/aromatic N) is 1. The Balaban J connectivity index is 2.44. The lowest BCUT2D eigenvalue weighted by Crippen LogP contribution is -2.28. The van der Waals surface area contributed by atoms with Gasteiger partial charge < -0.3 is 10.6 Å². The third-order valence-electron chi connectivity index (χ3n) is 2.10. The van der Waals surface area contributed by atoms with Crippen LogP contribution in [0.5, 0.6) is 0 Å². The SMILES string of the molecule is CC(C)NCCNc1ccc(C#N)c(Cl)c1. The van der Waals surface area contributed by atoms with Gasteiger partial charge in [0.05, 0.1) is 10.6 Å². The maximum absolute atomic E-state index is 8.72. The molecule has 2 N–H and O–H groups in total. The van der Waals surface area contributed by atoms with E-state index in [2.05, 4.69) is 24.5 Å². The molecule has 1 rings (SSSR count). The van der Waals surface area contributed by atoms with Gasteiger partial charge in [-0.2, -0.15) is 5.26 Å². The van der Waals surface area contributed by atoms with Crippen LogP contribution < -0.4 is 10.6 Å². The summed E-state index contributed by atoms with van der Waals surface area (Å²) in [4.78, 5) is 0. The van der Waals surface area contributed by atoms with Gasteiger partial charge >= 0.3 is 0 Å². The smallest absolute Gasteiger partial charge is 0.101 e. The molecule has 86 valence electrons. The van der Waals surface area contributed by atoms with E-state index in [1.807, 2.05) is 12.1 Å². The highest BCUT2D eigenvalue weighted by Gasteiger charge is 2.00. The Morgan fingerprint density at radius 3 is 2.69 bits per heavy atom. The Morgan fingerprint density at radius 2 is 2.12 bits per heavy atom. The van der Waals surface area contributed by atoms with Crippen LogP contribution in [0.15, 0.2) is 18.2 Å². The molecule has 0 radical (unpaired) electrons. The van der Waals surface area contributed by atoms with Gasteiger partial charge in [0, 0.05) is 24.8 Å². The van der Waals surface area contributed by atoms with E-state index in [0.717, 1.165) is 18.8 Å². The molecule has 0 fully saturated rings. The molecule has 0 saturated heterocycles. The van der Waals surface area contributed by atoms with E-state index >= 15 is 0 Å². The molecule has 0 aromatic heterocycles. The molecule has 4 heteroatoms. The molecular formula is C12H16ClN3. The van der Waals surface area contributed by atoms with Crippen molar-refractivity contribution in [3.8, 4) is 6.07 Å². The Hall–Kier alpha value is -1.24. The first-order valence-electron chi connectivity index (χ1n) is 5.30. The first kappa shape index (κ1) is 12.8. The van der Waals surface area contributed by atoms with Crippen LogP contribution in [0.2, 0.25) is 5.02 Å². The molecule has 1 aromatic rings. The minimum atomic E-state index is 0.490. The third kappa shape index (κ3) is 4.09. The van der Waals surface area contributed by atoms with Crippen LogP contribution in [0, 0.1) is 11.3 Å². The predicted octanol–water partition coefficient (Wildman–Crippen LogP) is 2.62. The molecule has 0 aliphatic heterocycles. The summed E-state index contributed by atoms with van der Waals surface area (Å²) in [5.41, 5.74) is 1.45. The van der Waals surface area contributed by atoms with Gasteiger partial charge in [0.1, 0.15) is 6.07 Å². The topological polar surface area (TPSA) is 47.8 Å². The second kappa shape index (κ2) is 6.37. The largest absolute Gasteiger partial charge is 0.384 e. The van der Waals surface area contributed by atoms with Crippen LogP contribution in [-0.2, 0) is 0 Å². The van der Waals surface area contributed by atoms with Crippen molar-refractivity contribution in [2.24, 2.45) is 0 Å². The van der Waals surface area contributed by atoms with Crippen LogP contribution in [0.25, 0.3) is 0 Å². The molecule has 1 aromatic carbocycles. The van der Waals surface area contributed by atoms with Gasteiger partial charge in [0.2, 0.25) is 0 Å². The van der Waals surface area contributed by atoms with Crippen molar-refractivity contribution < 1.29 is 0 Å². The standard InChI is InChI=1S/C12H16ClN3/c1-9(2)15-5-6-16-11-4-3-10(8-14)12(13)7-11/h3-4,7,9,15-16H,5-6H2,1-2H3. The van der Waals surface area contributed by atoms with E-state index in [0.29, 0.717) is 16.6 Å². The fraction of sp³-hybridized carbons (Fsp3) is 0.417. The summed E-state index contributed by atoms with van der Waals surface area (Å²) in [5, 5.41) is 15.8. The van der Waals surface area contributed by atoms with Gasteiger partial charge in [0.15, 0.2) is 0 Å². The van der Waals surface area contributed by atoms with Gasteiger partial charge in [-0.3, -0.25) is 0 Å². The quantitative estimate of drug-likeness (QED) is 0.774. The molecule has 0 aliphatic carbocycles. The predicted molar refractivity (Wildman–Crippen MR) is 67.8 cm³/mol. The summed E-state index contributed by atoms with van der Waals surface area (Å²) in [7, 11) is 0. The van der Waals surface area contributed by atoms with E-state index in [9.17, 15) is 0 Å².